The van der Waals surface area contributed by atoms with Crippen molar-refractivity contribution in [3.8, 4) is 11.5 Å². The second kappa shape index (κ2) is 7.58. The lowest BCUT2D eigenvalue weighted by Gasteiger charge is -2.23. The number of hydrogen-bond acceptors (Lipinski definition) is 4. The van der Waals surface area contributed by atoms with Crippen LogP contribution in [0.1, 0.15) is 6.92 Å². The highest BCUT2D eigenvalue weighted by atomic mass is 19.1. The molecule has 0 saturated heterocycles. The fourth-order valence-electron chi connectivity index (χ4n) is 1.90. The molecule has 1 heterocycles. The standard InChI is InChI=1S/C17H20FN3O2/c1-13(22)20(2)8-9-21(3)15-10-17(12-19-11-15)23-16-6-4-14(18)5-7-16/h4-7,10-12H,8-9H2,1-3H3. The van der Waals surface area contributed by atoms with Gasteiger partial charge in [0.2, 0.25) is 5.91 Å². The van der Waals surface area contributed by atoms with Crippen LogP contribution in [0.2, 0.25) is 0 Å². The predicted octanol–water partition coefficient (Wildman–Crippen LogP) is 2.93. The van der Waals surface area contributed by atoms with E-state index in [1.165, 1.54) is 12.1 Å². The van der Waals surface area contributed by atoms with Crippen LogP contribution in [0.25, 0.3) is 0 Å². The van der Waals surface area contributed by atoms with Crippen LogP contribution >= 0.6 is 0 Å². The van der Waals surface area contributed by atoms with E-state index in [-0.39, 0.29) is 11.7 Å². The highest BCUT2D eigenvalue weighted by molar-refractivity contribution is 5.72. The molecule has 5 nitrogen and oxygen atoms in total. The van der Waals surface area contributed by atoms with Crippen molar-refractivity contribution in [1.82, 2.24) is 9.88 Å². The Morgan fingerprint density at radius 1 is 1.13 bits per heavy atom. The topological polar surface area (TPSA) is 45.7 Å². The molecule has 0 spiro atoms. The van der Waals surface area contributed by atoms with Gasteiger partial charge in [-0.25, -0.2) is 4.39 Å². The average Bonchev–Trinajstić information content (AvgIpc) is 2.54. The summed E-state index contributed by atoms with van der Waals surface area (Å²) in [5, 5.41) is 0. The zero-order chi connectivity index (χ0) is 16.8. The van der Waals surface area contributed by atoms with E-state index in [1.807, 2.05) is 18.0 Å². The van der Waals surface area contributed by atoms with Gasteiger partial charge < -0.3 is 14.5 Å². The molecule has 23 heavy (non-hydrogen) atoms. The van der Waals surface area contributed by atoms with Gasteiger partial charge in [0.05, 0.1) is 18.1 Å². The van der Waals surface area contributed by atoms with Crippen LogP contribution in [-0.2, 0) is 4.79 Å². The Bertz CT molecular complexity index is 661. The van der Waals surface area contributed by atoms with Crippen molar-refractivity contribution in [3.05, 3.63) is 48.5 Å². The van der Waals surface area contributed by atoms with Crippen molar-refractivity contribution < 1.29 is 13.9 Å². The van der Waals surface area contributed by atoms with Crippen LogP contribution in [0.3, 0.4) is 0 Å². The number of benzene rings is 1. The van der Waals surface area contributed by atoms with Gasteiger partial charge in [-0.2, -0.15) is 0 Å². The number of nitrogens with zero attached hydrogens (tertiary/aromatic N) is 3. The molecule has 0 aliphatic carbocycles. The Labute approximate surface area is 135 Å². The lowest BCUT2D eigenvalue weighted by atomic mass is 10.3. The minimum atomic E-state index is -0.307. The summed E-state index contributed by atoms with van der Waals surface area (Å²) in [5.74, 6) is 0.841. The van der Waals surface area contributed by atoms with E-state index in [4.69, 9.17) is 4.74 Å². The van der Waals surface area contributed by atoms with Crippen LogP contribution < -0.4 is 9.64 Å². The van der Waals surface area contributed by atoms with Gasteiger partial charge in [0.1, 0.15) is 17.3 Å². The van der Waals surface area contributed by atoms with Crippen LogP contribution in [0.4, 0.5) is 10.1 Å². The van der Waals surface area contributed by atoms with E-state index in [2.05, 4.69) is 4.98 Å². The molecule has 0 bridgehead atoms. The Morgan fingerprint density at radius 3 is 2.48 bits per heavy atom. The molecular formula is C17H20FN3O2. The highest BCUT2D eigenvalue weighted by Gasteiger charge is 2.07. The molecule has 0 aliphatic rings. The number of carbonyl (C=O) groups is 1. The first kappa shape index (κ1) is 16.7. The van der Waals surface area contributed by atoms with Crippen molar-refractivity contribution >= 4 is 11.6 Å². The number of pyridine rings is 1. The van der Waals surface area contributed by atoms with Crippen LogP contribution in [0.15, 0.2) is 42.7 Å². The van der Waals surface area contributed by atoms with Crippen molar-refractivity contribution in [1.29, 1.82) is 0 Å². The molecule has 1 amide bonds. The largest absolute Gasteiger partial charge is 0.456 e. The summed E-state index contributed by atoms with van der Waals surface area (Å²) < 4.78 is 18.6. The van der Waals surface area contributed by atoms with E-state index in [1.54, 1.807) is 43.4 Å². The molecule has 0 atom stereocenters. The summed E-state index contributed by atoms with van der Waals surface area (Å²) in [4.78, 5) is 19.0. The SMILES string of the molecule is CC(=O)N(C)CCN(C)c1cncc(Oc2ccc(F)cc2)c1. The number of likely N-dealkylation sites (N-methyl/N-ethyl adjacent to an activating group) is 2. The summed E-state index contributed by atoms with van der Waals surface area (Å²) in [5.41, 5.74) is 0.876. The molecular weight excluding hydrogens is 297 g/mol. The van der Waals surface area contributed by atoms with E-state index in [0.29, 0.717) is 24.6 Å². The third-order valence-electron chi connectivity index (χ3n) is 3.50. The normalized spacial score (nSPS) is 10.3. The maximum Gasteiger partial charge on any atom is 0.219 e. The number of aromatic nitrogens is 1. The zero-order valence-electron chi connectivity index (χ0n) is 13.5. The summed E-state index contributed by atoms with van der Waals surface area (Å²) in [7, 11) is 3.69. The number of ether oxygens (including phenoxy) is 1. The van der Waals surface area contributed by atoms with Crippen LogP contribution in [0, 0.1) is 5.82 Å². The van der Waals surface area contributed by atoms with Crippen molar-refractivity contribution in [3.63, 3.8) is 0 Å². The predicted molar refractivity (Wildman–Crippen MR) is 87.3 cm³/mol. The van der Waals surface area contributed by atoms with E-state index >= 15 is 0 Å². The van der Waals surface area contributed by atoms with Gasteiger partial charge in [0.15, 0.2) is 0 Å². The fourth-order valence-corrected chi connectivity index (χ4v) is 1.90. The number of rotatable bonds is 6. The first-order chi connectivity index (χ1) is 11.0. The summed E-state index contributed by atoms with van der Waals surface area (Å²) in [6.07, 6.45) is 3.33. The third-order valence-corrected chi connectivity index (χ3v) is 3.50. The molecule has 0 unspecified atom stereocenters. The smallest absolute Gasteiger partial charge is 0.219 e. The molecule has 1 aromatic heterocycles. The molecule has 0 radical (unpaired) electrons. The van der Waals surface area contributed by atoms with Crippen molar-refractivity contribution in [2.75, 3.05) is 32.1 Å². The first-order valence-corrected chi connectivity index (χ1v) is 7.27. The molecule has 0 N–H and O–H groups in total. The quantitative estimate of drug-likeness (QED) is 0.822. The Hall–Kier alpha value is -2.63. The zero-order valence-corrected chi connectivity index (χ0v) is 13.5. The Kier molecular flexibility index (Phi) is 5.51. The average molecular weight is 317 g/mol. The lowest BCUT2D eigenvalue weighted by molar-refractivity contribution is -0.127. The van der Waals surface area contributed by atoms with Crippen LogP contribution in [-0.4, -0.2) is 43.0 Å². The van der Waals surface area contributed by atoms with E-state index in [9.17, 15) is 9.18 Å². The monoisotopic (exact) mass is 317 g/mol. The van der Waals surface area contributed by atoms with Crippen molar-refractivity contribution in [2.24, 2.45) is 0 Å². The van der Waals surface area contributed by atoms with Gasteiger partial charge in [-0.1, -0.05) is 0 Å². The van der Waals surface area contributed by atoms with Crippen LogP contribution in [0.5, 0.6) is 11.5 Å². The minimum Gasteiger partial charge on any atom is -0.456 e. The molecule has 6 heteroatoms. The molecule has 1 aromatic carbocycles. The number of carbonyl (C=O) groups excluding carboxylic acids is 1. The molecule has 0 fully saturated rings. The van der Waals surface area contributed by atoms with E-state index in [0.717, 1.165) is 5.69 Å². The molecule has 0 saturated carbocycles. The summed E-state index contributed by atoms with van der Waals surface area (Å²) in [6, 6.07) is 7.66. The number of anilines is 1. The number of halogens is 1. The maximum atomic E-state index is 12.9. The van der Waals surface area contributed by atoms with Crippen molar-refractivity contribution in [2.45, 2.75) is 6.92 Å². The van der Waals surface area contributed by atoms with Gasteiger partial charge in [0, 0.05) is 40.2 Å². The summed E-state index contributed by atoms with van der Waals surface area (Å²) in [6.45, 7) is 2.84. The van der Waals surface area contributed by atoms with Gasteiger partial charge >= 0.3 is 0 Å². The lowest BCUT2D eigenvalue weighted by Crippen LogP contribution is -2.33. The van der Waals surface area contributed by atoms with Gasteiger partial charge in [-0.3, -0.25) is 9.78 Å². The Morgan fingerprint density at radius 2 is 1.83 bits per heavy atom. The molecule has 2 aromatic rings. The second-order valence-electron chi connectivity index (χ2n) is 5.30. The molecule has 122 valence electrons. The second-order valence-corrected chi connectivity index (χ2v) is 5.30. The highest BCUT2D eigenvalue weighted by Crippen LogP contribution is 2.24. The minimum absolute atomic E-state index is 0.0323. The van der Waals surface area contributed by atoms with Gasteiger partial charge in [0.25, 0.3) is 0 Å². The Balaban J connectivity index is 2.01. The molecule has 2 rings (SSSR count). The summed E-state index contributed by atoms with van der Waals surface area (Å²) >= 11 is 0. The van der Waals surface area contributed by atoms with E-state index < -0.39 is 0 Å². The van der Waals surface area contributed by atoms with Gasteiger partial charge in [-0.05, 0) is 24.3 Å². The number of amides is 1. The fraction of sp³-hybridized carbons (Fsp3) is 0.294. The third kappa shape index (κ3) is 4.95. The van der Waals surface area contributed by atoms with Gasteiger partial charge in [-0.15, -0.1) is 0 Å². The number of hydrogen-bond donors (Lipinski definition) is 0. The first-order valence-electron chi connectivity index (χ1n) is 7.27. The maximum absolute atomic E-state index is 12.9. The molecule has 0 aliphatic heterocycles.